The lowest BCUT2D eigenvalue weighted by Gasteiger charge is -2.37. The number of piperazine rings is 1. The molecule has 0 bridgehead atoms. The van der Waals surface area contributed by atoms with Gasteiger partial charge in [-0.3, -0.25) is 9.80 Å². The number of pyridine rings is 1. The minimum atomic E-state index is -0.607. The zero-order valence-corrected chi connectivity index (χ0v) is 12.9. The molecule has 0 aliphatic carbocycles. The zero-order chi connectivity index (χ0) is 14.9. The zero-order valence-electron chi connectivity index (χ0n) is 12.9. The monoisotopic (exact) mass is 288 g/mol. The molecule has 0 radical (unpaired) electrons. The van der Waals surface area contributed by atoms with Crippen LogP contribution < -0.4 is 0 Å². The summed E-state index contributed by atoms with van der Waals surface area (Å²) in [5, 5.41) is 9.88. The van der Waals surface area contributed by atoms with Crippen LogP contribution in [0.1, 0.15) is 19.5 Å². The van der Waals surface area contributed by atoms with Gasteiger partial charge in [-0.25, -0.2) is 4.98 Å². The molecule has 0 spiro atoms. The number of rotatable bonds is 4. The van der Waals surface area contributed by atoms with Gasteiger partial charge in [-0.1, -0.05) is 6.07 Å². The van der Waals surface area contributed by atoms with Crippen LogP contribution in [-0.4, -0.2) is 62.6 Å². The van der Waals surface area contributed by atoms with Gasteiger partial charge in [-0.05, 0) is 26.0 Å². The number of hydrogen-bond acceptors (Lipinski definition) is 4. The maximum Gasteiger partial charge on any atom is 0.137 e. The van der Waals surface area contributed by atoms with Crippen molar-refractivity contribution >= 4 is 5.65 Å². The Kier molecular flexibility index (Phi) is 3.97. The molecule has 0 unspecified atom stereocenters. The van der Waals surface area contributed by atoms with Crippen LogP contribution in [0.5, 0.6) is 0 Å². The van der Waals surface area contributed by atoms with Crippen molar-refractivity contribution in [3.63, 3.8) is 0 Å². The van der Waals surface area contributed by atoms with E-state index in [1.807, 2.05) is 38.2 Å². The van der Waals surface area contributed by atoms with E-state index in [9.17, 15) is 5.11 Å². The van der Waals surface area contributed by atoms with E-state index >= 15 is 0 Å². The number of nitrogens with zero attached hydrogens (tertiary/aromatic N) is 4. The molecule has 1 fully saturated rings. The average molecular weight is 288 g/mol. The lowest BCUT2D eigenvalue weighted by atomic mass is 10.1. The van der Waals surface area contributed by atoms with Crippen LogP contribution in [-0.2, 0) is 6.54 Å². The molecule has 1 saturated heterocycles. The van der Waals surface area contributed by atoms with Gasteiger partial charge in [-0.15, -0.1) is 0 Å². The summed E-state index contributed by atoms with van der Waals surface area (Å²) in [5.74, 6) is 0. The predicted molar refractivity (Wildman–Crippen MR) is 83.2 cm³/mol. The van der Waals surface area contributed by atoms with Crippen LogP contribution >= 0.6 is 0 Å². The maximum atomic E-state index is 9.88. The maximum absolute atomic E-state index is 9.88. The number of β-amino-alcohol motifs (C(OH)–C–C–N with tert-alkyl or cyclic N) is 1. The van der Waals surface area contributed by atoms with E-state index < -0.39 is 5.60 Å². The van der Waals surface area contributed by atoms with E-state index in [2.05, 4.69) is 25.4 Å². The molecule has 1 aliphatic heterocycles. The van der Waals surface area contributed by atoms with Gasteiger partial charge >= 0.3 is 0 Å². The number of aromatic nitrogens is 2. The Morgan fingerprint density at radius 1 is 1.14 bits per heavy atom. The number of fused-ring (bicyclic) bond motifs is 1. The second-order valence-electron chi connectivity index (χ2n) is 6.56. The Labute approximate surface area is 125 Å². The minimum Gasteiger partial charge on any atom is -0.389 e. The molecular weight excluding hydrogens is 264 g/mol. The summed E-state index contributed by atoms with van der Waals surface area (Å²) in [4.78, 5) is 9.42. The third-order valence-corrected chi connectivity index (χ3v) is 3.87. The third-order valence-electron chi connectivity index (χ3n) is 3.87. The molecule has 0 saturated carbocycles. The molecule has 5 nitrogen and oxygen atoms in total. The van der Waals surface area contributed by atoms with Gasteiger partial charge in [0.05, 0.1) is 11.3 Å². The quantitative estimate of drug-likeness (QED) is 0.919. The van der Waals surface area contributed by atoms with E-state index in [1.54, 1.807) is 0 Å². The lowest BCUT2D eigenvalue weighted by molar-refractivity contribution is 0.0165. The SMILES string of the molecule is CC(C)(O)CN1CCN(Cc2cn3ccccc3n2)CC1. The fraction of sp³-hybridized carbons (Fsp3) is 0.562. The van der Waals surface area contributed by atoms with E-state index in [4.69, 9.17) is 0 Å². The minimum absolute atomic E-state index is 0.607. The largest absolute Gasteiger partial charge is 0.389 e. The Balaban J connectivity index is 1.55. The second-order valence-corrected chi connectivity index (χ2v) is 6.56. The van der Waals surface area contributed by atoms with E-state index in [-0.39, 0.29) is 0 Å². The summed E-state index contributed by atoms with van der Waals surface area (Å²) in [5.41, 5.74) is 1.52. The van der Waals surface area contributed by atoms with Crippen molar-refractivity contribution in [3.05, 3.63) is 36.3 Å². The predicted octanol–water partition coefficient (Wildman–Crippen LogP) is 1.22. The van der Waals surface area contributed by atoms with Crippen LogP contribution in [0.2, 0.25) is 0 Å². The molecule has 2 aromatic rings. The highest BCUT2D eigenvalue weighted by atomic mass is 16.3. The summed E-state index contributed by atoms with van der Waals surface area (Å²) in [6, 6.07) is 6.07. The normalized spacial score (nSPS) is 18.4. The first kappa shape index (κ1) is 14.5. The molecule has 3 heterocycles. The summed E-state index contributed by atoms with van der Waals surface area (Å²) in [6.07, 6.45) is 4.14. The highest BCUT2D eigenvalue weighted by Gasteiger charge is 2.23. The fourth-order valence-corrected chi connectivity index (χ4v) is 2.95. The van der Waals surface area contributed by atoms with Crippen LogP contribution in [0.3, 0.4) is 0 Å². The molecule has 1 N–H and O–H groups in total. The molecule has 5 heteroatoms. The number of hydrogen-bond donors (Lipinski definition) is 1. The fourth-order valence-electron chi connectivity index (χ4n) is 2.95. The van der Waals surface area contributed by atoms with Crippen LogP contribution in [0.15, 0.2) is 30.6 Å². The van der Waals surface area contributed by atoms with Crippen molar-refractivity contribution in [1.82, 2.24) is 19.2 Å². The lowest BCUT2D eigenvalue weighted by Crippen LogP contribution is -2.50. The van der Waals surface area contributed by atoms with Gasteiger partial charge in [0.1, 0.15) is 5.65 Å². The second kappa shape index (κ2) is 5.75. The van der Waals surface area contributed by atoms with Crippen LogP contribution in [0, 0.1) is 0 Å². The highest BCUT2D eigenvalue weighted by Crippen LogP contribution is 2.12. The molecule has 3 rings (SSSR count). The summed E-state index contributed by atoms with van der Waals surface area (Å²) in [6.45, 7) is 9.47. The molecule has 0 atom stereocenters. The Hall–Kier alpha value is -1.43. The molecule has 1 aliphatic rings. The van der Waals surface area contributed by atoms with Gasteiger partial charge < -0.3 is 9.51 Å². The first-order chi connectivity index (χ1) is 9.99. The topological polar surface area (TPSA) is 44.0 Å². The van der Waals surface area contributed by atoms with Crippen molar-refractivity contribution in [2.24, 2.45) is 0 Å². The third kappa shape index (κ3) is 3.81. The molecule has 0 aromatic carbocycles. The van der Waals surface area contributed by atoms with Gasteiger partial charge in [0.15, 0.2) is 0 Å². The standard InChI is InChI=1S/C16H24N4O/c1-16(2,21)13-19-9-7-18(8-10-19)11-14-12-20-6-4-3-5-15(20)17-14/h3-6,12,21H,7-11,13H2,1-2H3. The van der Waals surface area contributed by atoms with E-state index in [1.165, 1.54) is 0 Å². The van der Waals surface area contributed by atoms with Crippen molar-refractivity contribution in [2.45, 2.75) is 26.0 Å². The Bertz CT molecular complexity index is 561. The van der Waals surface area contributed by atoms with Crippen LogP contribution in [0.25, 0.3) is 5.65 Å². The average Bonchev–Trinajstić information content (AvgIpc) is 2.81. The molecule has 21 heavy (non-hydrogen) atoms. The molecular formula is C16H24N4O. The smallest absolute Gasteiger partial charge is 0.137 e. The van der Waals surface area contributed by atoms with Gasteiger partial charge in [-0.2, -0.15) is 0 Å². The first-order valence-electron chi connectivity index (χ1n) is 7.59. The van der Waals surface area contributed by atoms with E-state index in [0.29, 0.717) is 0 Å². The summed E-state index contributed by atoms with van der Waals surface area (Å²) in [7, 11) is 0. The van der Waals surface area contributed by atoms with Crippen molar-refractivity contribution in [1.29, 1.82) is 0 Å². The van der Waals surface area contributed by atoms with E-state index in [0.717, 1.165) is 50.6 Å². The number of aliphatic hydroxyl groups is 1. The van der Waals surface area contributed by atoms with Crippen molar-refractivity contribution < 1.29 is 5.11 Å². The van der Waals surface area contributed by atoms with Crippen LogP contribution in [0.4, 0.5) is 0 Å². The number of imidazole rings is 1. The van der Waals surface area contributed by atoms with Crippen molar-refractivity contribution in [3.8, 4) is 0 Å². The molecule has 2 aromatic heterocycles. The first-order valence-corrected chi connectivity index (χ1v) is 7.59. The Morgan fingerprint density at radius 2 is 1.86 bits per heavy atom. The Morgan fingerprint density at radius 3 is 2.52 bits per heavy atom. The van der Waals surface area contributed by atoms with Crippen molar-refractivity contribution in [2.75, 3.05) is 32.7 Å². The summed E-state index contributed by atoms with van der Waals surface area (Å²) < 4.78 is 2.07. The molecule has 114 valence electrons. The van der Waals surface area contributed by atoms with Gasteiger partial charge in [0.25, 0.3) is 0 Å². The van der Waals surface area contributed by atoms with Gasteiger partial charge in [0, 0.05) is 51.7 Å². The summed E-state index contributed by atoms with van der Waals surface area (Å²) >= 11 is 0. The van der Waals surface area contributed by atoms with Gasteiger partial charge in [0.2, 0.25) is 0 Å². The molecule has 0 amide bonds. The highest BCUT2D eigenvalue weighted by molar-refractivity contribution is 5.39.